The summed E-state index contributed by atoms with van der Waals surface area (Å²) in [5.41, 5.74) is 2.86. The summed E-state index contributed by atoms with van der Waals surface area (Å²) in [4.78, 5) is 9.81. The van der Waals surface area contributed by atoms with Gasteiger partial charge in [0.05, 0.1) is 11.4 Å². The van der Waals surface area contributed by atoms with Crippen LogP contribution in [0.15, 0.2) is 46.4 Å². The first-order chi connectivity index (χ1) is 10.2. The van der Waals surface area contributed by atoms with Crippen LogP contribution in [0.4, 0.5) is 11.4 Å². The molecule has 5 heteroatoms. The van der Waals surface area contributed by atoms with Crippen molar-refractivity contribution in [2.75, 3.05) is 18.1 Å². The Morgan fingerprint density at radius 2 is 2.19 bits per heavy atom. The third-order valence-electron chi connectivity index (χ3n) is 2.81. The van der Waals surface area contributed by atoms with Gasteiger partial charge in [-0.25, -0.2) is 4.98 Å². The number of anilines is 1. The van der Waals surface area contributed by atoms with Crippen molar-refractivity contribution in [1.82, 2.24) is 4.98 Å². The molecular weight excluding hydrogens is 302 g/mol. The highest BCUT2D eigenvalue weighted by Crippen LogP contribution is 2.30. The Balaban J connectivity index is 2.17. The highest BCUT2D eigenvalue weighted by molar-refractivity contribution is 7.99. The van der Waals surface area contributed by atoms with E-state index in [4.69, 9.17) is 11.6 Å². The maximum Gasteiger partial charge on any atom is 0.129 e. The molecule has 0 fully saturated rings. The molecule has 1 aromatic carbocycles. The van der Waals surface area contributed by atoms with Gasteiger partial charge in [0.15, 0.2) is 0 Å². The number of hydrogen-bond acceptors (Lipinski definition) is 4. The van der Waals surface area contributed by atoms with Crippen molar-refractivity contribution in [2.24, 2.45) is 4.99 Å². The zero-order valence-corrected chi connectivity index (χ0v) is 13.7. The fourth-order valence-electron chi connectivity index (χ4n) is 1.75. The third kappa shape index (κ3) is 4.76. The Morgan fingerprint density at radius 1 is 1.33 bits per heavy atom. The van der Waals surface area contributed by atoms with Crippen LogP contribution in [-0.2, 0) is 0 Å². The Morgan fingerprint density at radius 3 is 2.86 bits per heavy atom. The van der Waals surface area contributed by atoms with Gasteiger partial charge < -0.3 is 5.32 Å². The minimum atomic E-state index is 0.486. The number of pyridine rings is 1. The van der Waals surface area contributed by atoms with E-state index < -0.39 is 0 Å². The van der Waals surface area contributed by atoms with Gasteiger partial charge in [0.1, 0.15) is 5.15 Å². The van der Waals surface area contributed by atoms with E-state index in [1.807, 2.05) is 30.9 Å². The molecule has 0 spiro atoms. The maximum atomic E-state index is 5.77. The van der Waals surface area contributed by atoms with Crippen LogP contribution in [-0.4, -0.2) is 24.0 Å². The quantitative estimate of drug-likeness (QED) is 0.461. The fraction of sp³-hybridized carbons (Fsp3) is 0.250. The SMILES string of the molecule is CCCSc1ccc(N=Cc2ccc(Cl)nc2)c(NC)c1. The van der Waals surface area contributed by atoms with Gasteiger partial charge in [0.25, 0.3) is 0 Å². The van der Waals surface area contributed by atoms with E-state index in [9.17, 15) is 0 Å². The molecule has 0 amide bonds. The largest absolute Gasteiger partial charge is 0.386 e. The Labute approximate surface area is 134 Å². The average molecular weight is 320 g/mol. The van der Waals surface area contributed by atoms with Crippen LogP contribution in [0.5, 0.6) is 0 Å². The third-order valence-corrected chi connectivity index (χ3v) is 4.24. The predicted molar refractivity (Wildman–Crippen MR) is 93.5 cm³/mol. The number of thioether (sulfide) groups is 1. The first-order valence-electron chi connectivity index (χ1n) is 6.83. The highest BCUT2D eigenvalue weighted by atomic mass is 35.5. The zero-order valence-electron chi connectivity index (χ0n) is 12.1. The molecule has 2 rings (SSSR count). The van der Waals surface area contributed by atoms with Gasteiger partial charge in [0, 0.05) is 29.9 Å². The smallest absolute Gasteiger partial charge is 0.129 e. The molecule has 21 heavy (non-hydrogen) atoms. The van der Waals surface area contributed by atoms with Crippen LogP contribution < -0.4 is 5.32 Å². The first-order valence-corrected chi connectivity index (χ1v) is 8.19. The summed E-state index contributed by atoms with van der Waals surface area (Å²) in [5, 5.41) is 3.68. The molecule has 110 valence electrons. The zero-order chi connectivity index (χ0) is 15.1. The molecule has 0 atom stereocenters. The van der Waals surface area contributed by atoms with Crippen molar-refractivity contribution in [3.63, 3.8) is 0 Å². The molecule has 0 unspecified atom stereocenters. The Hall–Kier alpha value is -1.52. The van der Waals surface area contributed by atoms with Gasteiger partial charge in [-0.15, -0.1) is 11.8 Å². The number of aliphatic imine (C=N–C) groups is 1. The van der Waals surface area contributed by atoms with Crippen LogP contribution >= 0.6 is 23.4 Å². The van der Waals surface area contributed by atoms with Gasteiger partial charge in [-0.2, -0.15) is 0 Å². The molecule has 2 aromatic rings. The van der Waals surface area contributed by atoms with E-state index in [1.54, 1.807) is 18.5 Å². The van der Waals surface area contributed by atoms with E-state index in [-0.39, 0.29) is 0 Å². The average Bonchev–Trinajstić information content (AvgIpc) is 2.52. The van der Waals surface area contributed by atoms with Gasteiger partial charge in [0.2, 0.25) is 0 Å². The second-order valence-corrected chi connectivity index (χ2v) is 6.01. The summed E-state index contributed by atoms with van der Waals surface area (Å²) in [7, 11) is 1.91. The minimum absolute atomic E-state index is 0.486. The molecule has 1 heterocycles. The van der Waals surface area contributed by atoms with Crippen LogP contribution in [0.3, 0.4) is 0 Å². The number of rotatable bonds is 6. The molecule has 0 aliphatic carbocycles. The van der Waals surface area contributed by atoms with Crippen molar-refractivity contribution < 1.29 is 0 Å². The number of hydrogen-bond donors (Lipinski definition) is 1. The van der Waals surface area contributed by atoms with Gasteiger partial charge in [-0.3, -0.25) is 4.99 Å². The predicted octanol–water partition coefficient (Wildman–Crippen LogP) is 5.03. The van der Waals surface area contributed by atoms with Gasteiger partial charge >= 0.3 is 0 Å². The van der Waals surface area contributed by atoms with E-state index in [0.29, 0.717) is 5.15 Å². The molecule has 0 bridgehead atoms. The molecule has 0 aliphatic rings. The van der Waals surface area contributed by atoms with Crippen molar-refractivity contribution in [1.29, 1.82) is 0 Å². The van der Waals surface area contributed by atoms with Crippen molar-refractivity contribution in [3.05, 3.63) is 47.2 Å². The lowest BCUT2D eigenvalue weighted by Crippen LogP contribution is -1.90. The van der Waals surface area contributed by atoms with Crippen LogP contribution in [0.2, 0.25) is 5.15 Å². The number of benzene rings is 1. The van der Waals surface area contributed by atoms with Crippen molar-refractivity contribution in [2.45, 2.75) is 18.2 Å². The lowest BCUT2D eigenvalue weighted by Gasteiger charge is -2.07. The van der Waals surface area contributed by atoms with Crippen LogP contribution in [0, 0.1) is 0 Å². The van der Waals surface area contributed by atoms with E-state index >= 15 is 0 Å². The summed E-state index contributed by atoms with van der Waals surface area (Å²) in [6.45, 7) is 2.19. The van der Waals surface area contributed by atoms with Crippen molar-refractivity contribution in [3.8, 4) is 0 Å². The molecule has 1 N–H and O–H groups in total. The van der Waals surface area contributed by atoms with Crippen LogP contribution in [0.25, 0.3) is 0 Å². The summed E-state index contributed by atoms with van der Waals surface area (Å²) >= 11 is 7.63. The minimum Gasteiger partial charge on any atom is -0.386 e. The van der Waals surface area contributed by atoms with E-state index in [2.05, 4.69) is 34.3 Å². The van der Waals surface area contributed by atoms with E-state index in [0.717, 1.165) is 22.7 Å². The lowest BCUT2D eigenvalue weighted by atomic mass is 10.2. The second-order valence-electron chi connectivity index (χ2n) is 4.45. The molecular formula is C16H18ClN3S. The second kappa shape index (κ2) is 8.05. The maximum absolute atomic E-state index is 5.77. The molecule has 0 aliphatic heterocycles. The molecule has 0 radical (unpaired) electrons. The molecule has 0 saturated carbocycles. The molecule has 0 saturated heterocycles. The Bertz CT molecular complexity index is 611. The molecule has 3 nitrogen and oxygen atoms in total. The summed E-state index contributed by atoms with van der Waals surface area (Å²) in [6, 6.07) is 9.92. The number of nitrogens with one attached hydrogen (secondary N) is 1. The number of aromatic nitrogens is 1. The highest BCUT2D eigenvalue weighted by Gasteiger charge is 2.02. The van der Waals surface area contributed by atoms with Gasteiger partial charge in [-0.1, -0.05) is 18.5 Å². The standard InChI is InChI=1S/C16H18ClN3S/c1-3-8-21-13-5-6-14(15(9-13)18-2)19-10-12-4-7-16(17)20-11-12/h4-7,9-11,18H,3,8H2,1-2H3. The van der Waals surface area contributed by atoms with Crippen LogP contribution in [0.1, 0.15) is 18.9 Å². The fourth-order valence-corrected chi connectivity index (χ4v) is 2.66. The van der Waals surface area contributed by atoms with Crippen molar-refractivity contribution >= 4 is 41.0 Å². The molecule has 1 aromatic heterocycles. The monoisotopic (exact) mass is 319 g/mol. The summed E-state index contributed by atoms with van der Waals surface area (Å²) in [5.74, 6) is 1.13. The summed E-state index contributed by atoms with van der Waals surface area (Å²) < 4.78 is 0. The van der Waals surface area contributed by atoms with E-state index in [1.165, 1.54) is 11.3 Å². The number of halogens is 1. The normalized spacial score (nSPS) is 11.0. The van der Waals surface area contributed by atoms with Gasteiger partial charge in [-0.05, 0) is 42.5 Å². The lowest BCUT2D eigenvalue weighted by molar-refractivity contribution is 1.10. The Kier molecular flexibility index (Phi) is 6.08. The summed E-state index contributed by atoms with van der Waals surface area (Å²) in [6.07, 6.45) is 4.66. The number of nitrogens with zero attached hydrogens (tertiary/aromatic N) is 2. The topological polar surface area (TPSA) is 37.3 Å². The first kappa shape index (κ1) is 15.9.